The number of urea groups is 1. The molecule has 1 atom stereocenters. The van der Waals surface area contributed by atoms with E-state index < -0.39 is 12.1 Å². The predicted octanol–water partition coefficient (Wildman–Crippen LogP) is 2.46. The number of fused-ring (bicyclic) bond motifs is 2. The highest BCUT2D eigenvalue weighted by molar-refractivity contribution is 6.04. The van der Waals surface area contributed by atoms with E-state index >= 15 is 0 Å². The fourth-order valence-electron chi connectivity index (χ4n) is 4.34. The first-order valence-electron chi connectivity index (χ1n) is 11.4. The molecule has 0 aliphatic carbocycles. The summed E-state index contributed by atoms with van der Waals surface area (Å²) >= 11 is 0. The van der Waals surface area contributed by atoms with E-state index in [0.717, 1.165) is 32.7 Å². The van der Waals surface area contributed by atoms with Crippen molar-refractivity contribution in [2.45, 2.75) is 31.8 Å². The quantitative estimate of drug-likeness (QED) is 0.406. The van der Waals surface area contributed by atoms with Crippen molar-refractivity contribution in [3.05, 3.63) is 53.7 Å². The fourth-order valence-corrected chi connectivity index (χ4v) is 4.34. The van der Waals surface area contributed by atoms with Crippen LogP contribution in [0, 0.1) is 0 Å². The van der Waals surface area contributed by atoms with Crippen molar-refractivity contribution in [3.8, 4) is 17.2 Å². The van der Waals surface area contributed by atoms with Gasteiger partial charge in [-0.3, -0.25) is 14.5 Å². The van der Waals surface area contributed by atoms with Gasteiger partial charge in [-0.15, -0.1) is 0 Å². The minimum absolute atomic E-state index is 0.124. The van der Waals surface area contributed by atoms with Crippen LogP contribution in [0.4, 0.5) is 4.79 Å². The number of nitrogens with zero attached hydrogens (tertiary/aromatic N) is 1. The minimum Gasteiger partial charge on any atom is -0.497 e. The third kappa shape index (κ3) is 4.72. The molecule has 10 heteroatoms. The van der Waals surface area contributed by atoms with Crippen molar-refractivity contribution in [1.29, 1.82) is 0 Å². The number of aromatic nitrogens is 1. The highest BCUT2D eigenvalue weighted by Crippen LogP contribution is 2.33. The Morgan fingerprint density at radius 3 is 2.89 bits per heavy atom. The number of nitrogens with one attached hydrogen (secondary N) is 3. The van der Waals surface area contributed by atoms with E-state index in [-0.39, 0.29) is 38.0 Å². The van der Waals surface area contributed by atoms with Crippen LogP contribution in [0.25, 0.3) is 10.9 Å². The predicted molar refractivity (Wildman–Crippen MR) is 126 cm³/mol. The molecule has 2 aliphatic rings. The standard InChI is InChI=1S/C25H26N4O6/c1-33-17-3-4-19-18(11-17)16(12-27-19)8-9-26-23(30)7-5-20-24(31)29(25(32)28-20)13-15-2-6-21-22(10-15)35-14-34-21/h2-4,6,10-12,20,27H,5,7-9,13-14H2,1H3,(H,26,30)(H,28,32). The van der Waals surface area contributed by atoms with Gasteiger partial charge in [0, 0.05) is 30.1 Å². The summed E-state index contributed by atoms with van der Waals surface area (Å²) in [6.45, 7) is 0.742. The number of hydrogen-bond donors (Lipinski definition) is 3. The lowest BCUT2D eigenvalue weighted by atomic mass is 10.1. The van der Waals surface area contributed by atoms with Gasteiger partial charge in [0.05, 0.1) is 13.7 Å². The molecule has 2 aromatic carbocycles. The Morgan fingerprint density at radius 1 is 1.17 bits per heavy atom. The second-order valence-electron chi connectivity index (χ2n) is 8.48. The Hall–Kier alpha value is -4.21. The van der Waals surface area contributed by atoms with Crippen molar-refractivity contribution in [3.63, 3.8) is 0 Å². The third-order valence-corrected chi connectivity index (χ3v) is 6.24. The van der Waals surface area contributed by atoms with Crippen molar-refractivity contribution in [1.82, 2.24) is 20.5 Å². The Morgan fingerprint density at radius 2 is 2.03 bits per heavy atom. The molecular formula is C25H26N4O6. The number of imide groups is 1. The Bertz CT molecular complexity index is 1290. The van der Waals surface area contributed by atoms with E-state index in [1.165, 1.54) is 0 Å². The SMILES string of the molecule is COc1ccc2[nH]cc(CCNC(=O)CCC3NC(=O)N(Cc4ccc5c(c4)OCO5)C3=O)c2c1. The summed E-state index contributed by atoms with van der Waals surface area (Å²) in [4.78, 5) is 41.8. The highest BCUT2D eigenvalue weighted by Gasteiger charge is 2.38. The molecule has 35 heavy (non-hydrogen) atoms. The third-order valence-electron chi connectivity index (χ3n) is 6.24. The summed E-state index contributed by atoms with van der Waals surface area (Å²) < 4.78 is 15.9. The largest absolute Gasteiger partial charge is 0.497 e. The average Bonchev–Trinajstić information content (AvgIpc) is 3.56. The number of ether oxygens (including phenoxy) is 3. The summed E-state index contributed by atoms with van der Waals surface area (Å²) in [7, 11) is 1.63. The fraction of sp³-hybridized carbons (Fsp3) is 0.320. The van der Waals surface area contributed by atoms with Crippen LogP contribution in [0.2, 0.25) is 0 Å². The molecule has 2 aliphatic heterocycles. The van der Waals surface area contributed by atoms with Crippen molar-refractivity contribution in [2.75, 3.05) is 20.4 Å². The summed E-state index contributed by atoms with van der Waals surface area (Å²) in [5.74, 6) is 1.50. The summed E-state index contributed by atoms with van der Waals surface area (Å²) in [6.07, 6.45) is 2.95. The molecular weight excluding hydrogens is 452 g/mol. The molecule has 1 saturated heterocycles. The van der Waals surface area contributed by atoms with E-state index in [2.05, 4.69) is 15.6 Å². The summed E-state index contributed by atoms with van der Waals surface area (Å²) in [5, 5.41) is 6.62. The molecule has 0 radical (unpaired) electrons. The van der Waals surface area contributed by atoms with Crippen LogP contribution in [0.3, 0.4) is 0 Å². The molecule has 182 valence electrons. The van der Waals surface area contributed by atoms with E-state index in [9.17, 15) is 14.4 Å². The van der Waals surface area contributed by atoms with Crippen molar-refractivity contribution >= 4 is 28.7 Å². The number of methoxy groups -OCH3 is 1. The first kappa shape index (κ1) is 22.6. The van der Waals surface area contributed by atoms with Crippen LogP contribution in [0.15, 0.2) is 42.6 Å². The minimum atomic E-state index is -0.719. The topological polar surface area (TPSA) is 122 Å². The van der Waals surface area contributed by atoms with Crippen molar-refractivity contribution in [2.24, 2.45) is 0 Å². The zero-order valence-corrected chi connectivity index (χ0v) is 19.3. The Balaban J connectivity index is 1.09. The first-order valence-corrected chi connectivity index (χ1v) is 11.4. The molecule has 0 saturated carbocycles. The zero-order valence-electron chi connectivity index (χ0n) is 19.3. The summed E-state index contributed by atoms with van der Waals surface area (Å²) in [5.41, 5.74) is 2.84. The molecule has 0 spiro atoms. The second-order valence-corrected chi connectivity index (χ2v) is 8.48. The monoisotopic (exact) mass is 478 g/mol. The lowest BCUT2D eigenvalue weighted by Gasteiger charge is -2.13. The van der Waals surface area contributed by atoms with Gasteiger partial charge < -0.3 is 29.8 Å². The van der Waals surface area contributed by atoms with Gasteiger partial charge >= 0.3 is 6.03 Å². The molecule has 1 unspecified atom stereocenters. The number of carbonyl (C=O) groups excluding carboxylic acids is 3. The molecule has 3 aromatic rings. The normalized spacial score (nSPS) is 16.6. The molecule has 10 nitrogen and oxygen atoms in total. The molecule has 4 amide bonds. The average molecular weight is 479 g/mol. The van der Waals surface area contributed by atoms with Crippen molar-refractivity contribution < 1.29 is 28.6 Å². The highest BCUT2D eigenvalue weighted by atomic mass is 16.7. The second kappa shape index (κ2) is 9.57. The van der Waals surface area contributed by atoms with Gasteiger partial charge in [-0.25, -0.2) is 4.79 Å². The molecule has 1 aromatic heterocycles. The number of aromatic amines is 1. The number of carbonyl (C=O) groups is 3. The van der Waals surface area contributed by atoms with E-state index in [0.29, 0.717) is 24.5 Å². The number of amides is 4. The van der Waals surface area contributed by atoms with Crippen LogP contribution >= 0.6 is 0 Å². The number of rotatable bonds is 9. The Labute approximate surface area is 201 Å². The first-order chi connectivity index (χ1) is 17.0. The lowest BCUT2D eigenvalue weighted by molar-refractivity contribution is -0.128. The van der Waals surface area contributed by atoms with Gasteiger partial charge in [-0.1, -0.05) is 6.07 Å². The number of H-pyrrole nitrogens is 1. The van der Waals surface area contributed by atoms with Crippen LogP contribution in [-0.2, 0) is 22.6 Å². The maximum absolute atomic E-state index is 12.8. The van der Waals surface area contributed by atoms with E-state index in [1.54, 1.807) is 25.3 Å². The number of hydrogen-bond acceptors (Lipinski definition) is 6. The van der Waals surface area contributed by atoms with Gasteiger partial charge in [0.1, 0.15) is 11.8 Å². The zero-order chi connectivity index (χ0) is 24.4. The van der Waals surface area contributed by atoms with Gasteiger partial charge in [-0.05, 0) is 54.3 Å². The summed E-state index contributed by atoms with van der Waals surface area (Å²) in [6, 6.07) is 9.93. The smallest absolute Gasteiger partial charge is 0.325 e. The molecule has 1 fully saturated rings. The molecule has 5 rings (SSSR count). The Kier molecular flexibility index (Phi) is 6.17. The van der Waals surface area contributed by atoms with Crippen LogP contribution in [0.5, 0.6) is 17.2 Å². The van der Waals surface area contributed by atoms with Gasteiger partial charge in [0.15, 0.2) is 11.5 Å². The van der Waals surface area contributed by atoms with Gasteiger partial charge in [-0.2, -0.15) is 0 Å². The lowest BCUT2D eigenvalue weighted by Crippen LogP contribution is -2.33. The molecule has 3 N–H and O–H groups in total. The molecule has 0 bridgehead atoms. The van der Waals surface area contributed by atoms with Gasteiger partial charge in [0.25, 0.3) is 5.91 Å². The van der Waals surface area contributed by atoms with Crippen LogP contribution < -0.4 is 24.8 Å². The maximum atomic E-state index is 12.8. The molecule has 3 heterocycles. The van der Waals surface area contributed by atoms with E-state index in [1.807, 2.05) is 24.4 Å². The van der Waals surface area contributed by atoms with Crippen LogP contribution in [0.1, 0.15) is 24.0 Å². The van der Waals surface area contributed by atoms with Gasteiger partial charge in [0.2, 0.25) is 12.7 Å². The number of benzene rings is 2. The maximum Gasteiger partial charge on any atom is 0.325 e. The van der Waals surface area contributed by atoms with Crippen LogP contribution in [-0.4, -0.2) is 54.2 Å². The van der Waals surface area contributed by atoms with E-state index in [4.69, 9.17) is 14.2 Å².